The first-order valence-corrected chi connectivity index (χ1v) is 8.28. The van der Waals surface area contributed by atoms with Gasteiger partial charge in [0.05, 0.1) is 11.7 Å². The first-order valence-electron chi connectivity index (χ1n) is 7.17. The van der Waals surface area contributed by atoms with Crippen LogP contribution in [-0.2, 0) is 6.61 Å². The molecule has 0 spiro atoms. The van der Waals surface area contributed by atoms with Crippen LogP contribution in [0.2, 0.25) is 5.02 Å². The minimum absolute atomic E-state index is 0.486. The van der Waals surface area contributed by atoms with Crippen molar-refractivity contribution >= 4 is 29.1 Å². The molecule has 0 N–H and O–H groups in total. The summed E-state index contributed by atoms with van der Waals surface area (Å²) in [5, 5.41) is 0.734. The SMILES string of the molecule is CC1CCN(c2nsnc2OCc2ccc(Cl)cc2)CC1. The number of nitrogens with zero attached hydrogens (tertiary/aromatic N) is 3. The largest absolute Gasteiger partial charge is 0.470 e. The van der Waals surface area contributed by atoms with E-state index in [-0.39, 0.29) is 0 Å². The monoisotopic (exact) mass is 323 g/mol. The Labute approximate surface area is 134 Å². The molecule has 0 atom stereocenters. The van der Waals surface area contributed by atoms with Crippen molar-refractivity contribution in [2.75, 3.05) is 18.0 Å². The number of aromatic nitrogens is 2. The van der Waals surface area contributed by atoms with Crippen molar-refractivity contribution in [3.05, 3.63) is 34.9 Å². The Bertz CT molecular complexity index is 579. The van der Waals surface area contributed by atoms with E-state index in [4.69, 9.17) is 16.3 Å². The average Bonchev–Trinajstić information content (AvgIpc) is 2.96. The third-order valence-electron chi connectivity index (χ3n) is 3.81. The Balaban J connectivity index is 1.64. The lowest BCUT2D eigenvalue weighted by molar-refractivity contribution is 0.295. The van der Waals surface area contributed by atoms with E-state index < -0.39 is 0 Å². The van der Waals surface area contributed by atoms with Crippen LogP contribution in [0.1, 0.15) is 25.3 Å². The molecule has 2 heterocycles. The highest BCUT2D eigenvalue weighted by Crippen LogP contribution is 2.30. The van der Waals surface area contributed by atoms with Crippen LogP contribution < -0.4 is 9.64 Å². The summed E-state index contributed by atoms with van der Waals surface area (Å²) in [6.45, 7) is 4.85. The van der Waals surface area contributed by atoms with Crippen molar-refractivity contribution in [2.24, 2.45) is 5.92 Å². The zero-order chi connectivity index (χ0) is 14.7. The molecule has 4 nitrogen and oxygen atoms in total. The normalized spacial score (nSPS) is 16.2. The van der Waals surface area contributed by atoms with Crippen molar-refractivity contribution in [2.45, 2.75) is 26.4 Å². The number of anilines is 1. The molecule has 2 aromatic rings. The molecule has 0 radical (unpaired) electrons. The minimum atomic E-state index is 0.486. The van der Waals surface area contributed by atoms with Gasteiger partial charge >= 0.3 is 0 Å². The molecule has 112 valence electrons. The second-order valence-corrected chi connectivity index (χ2v) is 6.44. The van der Waals surface area contributed by atoms with Crippen LogP contribution in [0, 0.1) is 5.92 Å². The van der Waals surface area contributed by atoms with Gasteiger partial charge in [0.2, 0.25) is 5.82 Å². The zero-order valence-corrected chi connectivity index (χ0v) is 13.5. The molecule has 0 bridgehead atoms. The van der Waals surface area contributed by atoms with Crippen LogP contribution in [0.4, 0.5) is 5.82 Å². The molecule has 0 aliphatic carbocycles. The summed E-state index contributed by atoms with van der Waals surface area (Å²) in [5.41, 5.74) is 1.07. The van der Waals surface area contributed by atoms with Crippen molar-refractivity contribution in [3.8, 4) is 5.88 Å². The van der Waals surface area contributed by atoms with Crippen molar-refractivity contribution in [1.29, 1.82) is 0 Å². The quantitative estimate of drug-likeness (QED) is 0.852. The molecule has 0 unspecified atom stereocenters. The van der Waals surface area contributed by atoms with Crippen LogP contribution in [-0.4, -0.2) is 21.8 Å². The van der Waals surface area contributed by atoms with Crippen molar-refractivity contribution in [3.63, 3.8) is 0 Å². The molecule has 21 heavy (non-hydrogen) atoms. The van der Waals surface area contributed by atoms with Crippen LogP contribution >= 0.6 is 23.3 Å². The topological polar surface area (TPSA) is 38.2 Å². The van der Waals surface area contributed by atoms with Crippen LogP contribution in [0.25, 0.3) is 0 Å². The lowest BCUT2D eigenvalue weighted by atomic mass is 9.99. The van der Waals surface area contributed by atoms with Gasteiger partial charge in [0.1, 0.15) is 6.61 Å². The molecule has 1 aliphatic rings. The average molecular weight is 324 g/mol. The zero-order valence-electron chi connectivity index (χ0n) is 12.0. The summed E-state index contributed by atoms with van der Waals surface area (Å²) >= 11 is 7.09. The van der Waals surface area contributed by atoms with Gasteiger partial charge in [-0.2, -0.15) is 4.37 Å². The predicted molar refractivity (Wildman–Crippen MR) is 86.3 cm³/mol. The fourth-order valence-corrected chi connectivity index (χ4v) is 3.06. The Morgan fingerprint density at radius 2 is 1.95 bits per heavy atom. The van der Waals surface area contributed by atoms with E-state index in [1.54, 1.807) is 0 Å². The van der Waals surface area contributed by atoms with Crippen molar-refractivity contribution in [1.82, 2.24) is 8.75 Å². The predicted octanol–water partition coefficient (Wildman–Crippen LogP) is 4.01. The lowest BCUT2D eigenvalue weighted by Crippen LogP contribution is -2.33. The molecule has 3 rings (SSSR count). The lowest BCUT2D eigenvalue weighted by Gasteiger charge is -2.30. The number of benzene rings is 1. The maximum atomic E-state index is 5.88. The van der Waals surface area contributed by atoms with Gasteiger partial charge in [-0.05, 0) is 36.5 Å². The van der Waals surface area contributed by atoms with Crippen LogP contribution in [0.15, 0.2) is 24.3 Å². The molecular weight excluding hydrogens is 306 g/mol. The number of hydrogen-bond acceptors (Lipinski definition) is 5. The van der Waals surface area contributed by atoms with Gasteiger partial charge < -0.3 is 9.64 Å². The van der Waals surface area contributed by atoms with Gasteiger partial charge in [-0.1, -0.05) is 30.7 Å². The second-order valence-electron chi connectivity index (χ2n) is 5.48. The number of rotatable bonds is 4. The molecule has 0 saturated carbocycles. The van der Waals surface area contributed by atoms with Gasteiger partial charge in [-0.15, -0.1) is 4.37 Å². The first-order chi connectivity index (χ1) is 10.2. The fourth-order valence-electron chi connectivity index (χ4n) is 2.41. The van der Waals surface area contributed by atoms with E-state index in [2.05, 4.69) is 20.6 Å². The van der Waals surface area contributed by atoms with E-state index in [9.17, 15) is 0 Å². The summed E-state index contributed by atoms with van der Waals surface area (Å²) < 4.78 is 14.5. The summed E-state index contributed by atoms with van der Waals surface area (Å²) in [6.07, 6.45) is 2.41. The summed E-state index contributed by atoms with van der Waals surface area (Å²) in [4.78, 5) is 2.28. The standard InChI is InChI=1S/C15H18ClN3OS/c1-11-6-8-19(9-7-11)14-15(18-21-17-14)20-10-12-2-4-13(16)5-3-12/h2-5,11H,6-10H2,1H3. The van der Waals surface area contributed by atoms with Gasteiger partial charge in [0.15, 0.2) is 0 Å². The summed E-state index contributed by atoms with van der Waals surface area (Å²) in [5.74, 6) is 2.33. The molecule has 1 aliphatic heterocycles. The maximum absolute atomic E-state index is 5.88. The molecule has 1 fully saturated rings. The molecule has 6 heteroatoms. The van der Waals surface area contributed by atoms with Crippen LogP contribution in [0.3, 0.4) is 0 Å². The molecular formula is C15H18ClN3OS. The Morgan fingerprint density at radius 3 is 2.67 bits per heavy atom. The highest BCUT2D eigenvalue weighted by Gasteiger charge is 2.22. The Morgan fingerprint density at radius 1 is 1.24 bits per heavy atom. The maximum Gasteiger partial charge on any atom is 0.271 e. The fraction of sp³-hybridized carbons (Fsp3) is 0.467. The van der Waals surface area contributed by atoms with Gasteiger partial charge in [-0.25, -0.2) is 0 Å². The van der Waals surface area contributed by atoms with Gasteiger partial charge in [0.25, 0.3) is 5.88 Å². The van der Waals surface area contributed by atoms with Crippen LogP contribution in [0.5, 0.6) is 5.88 Å². The second kappa shape index (κ2) is 6.62. The first kappa shape index (κ1) is 14.6. The molecule has 0 amide bonds. The van der Waals surface area contributed by atoms with E-state index in [1.165, 1.54) is 24.6 Å². The molecule has 1 aromatic carbocycles. The smallest absolute Gasteiger partial charge is 0.271 e. The minimum Gasteiger partial charge on any atom is -0.470 e. The van der Waals surface area contributed by atoms with E-state index in [0.717, 1.165) is 35.4 Å². The number of halogens is 1. The highest BCUT2D eigenvalue weighted by atomic mass is 35.5. The van der Waals surface area contributed by atoms with Crippen molar-refractivity contribution < 1.29 is 4.74 Å². The van der Waals surface area contributed by atoms with E-state index >= 15 is 0 Å². The Hall–Kier alpha value is -1.33. The highest BCUT2D eigenvalue weighted by molar-refractivity contribution is 6.99. The van der Waals surface area contributed by atoms with E-state index in [0.29, 0.717) is 12.5 Å². The summed E-state index contributed by atoms with van der Waals surface area (Å²) in [7, 11) is 0. The molecule has 1 aromatic heterocycles. The number of ether oxygens (including phenoxy) is 1. The third-order valence-corrected chi connectivity index (χ3v) is 4.57. The number of hydrogen-bond donors (Lipinski definition) is 0. The summed E-state index contributed by atoms with van der Waals surface area (Å²) in [6, 6.07) is 7.66. The molecule has 1 saturated heterocycles. The van der Waals surface area contributed by atoms with E-state index in [1.807, 2.05) is 24.3 Å². The third kappa shape index (κ3) is 3.66. The Kier molecular flexibility index (Phi) is 4.60. The van der Waals surface area contributed by atoms with Gasteiger partial charge in [0, 0.05) is 18.1 Å². The van der Waals surface area contributed by atoms with Gasteiger partial charge in [-0.3, -0.25) is 0 Å². The number of piperidine rings is 1.